The van der Waals surface area contributed by atoms with Gasteiger partial charge in [0.05, 0.1) is 11.3 Å². The van der Waals surface area contributed by atoms with Crippen molar-refractivity contribution in [2.45, 2.75) is 6.92 Å². The van der Waals surface area contributed by atoms with Crippen LogP contribution in [0.3, 0.4) is 0 Å². The maximum absolute atomic E-state index is 5.92. The second-order valence-electron chi connectivity index (χ2n) is 4.30. The number of anilines is 1. The fourth-order valence-corrected chi connectivity index (χ4v) is 2.09. The monoisotopic (exact) mass is 251 g/mol. The van der Waals surface area contributed by atoms with Crippen molar-refractivity contribution in [2.75, 3.05) is 5.73 Å². The number of pyridine rings is 1. The van der Waals surface area contributed by atoms with Crippen molar-refractivity contribution < 1.29 is 4.52 Å². The van der Waals surface area contributed by atoms with Crippen LogP contribution in [-0.4, -0.2) is 10.1 Å². The van der Waals surface area contributed by atoms with Crippen molar-refractivity contribution in [3.05, 3.63) is 54.2 Å². The molecule has 0 aliphatic carbocycles. The molecular weight excluding hydrogens is 238 g/mol. The van der Waals surface area contributed by atoms with E-state index in [4.69, 9.17) is 10.3 Å². The number of aromatic nitrogens is 2. The number of nitrogen functional groups attached to an aromatic ring is 1. The molecule has 3 rings (SSSR count). The molecule has 0 unspecified atom stereocenters. The van der Waals surface area contributed by atoms with Crippen LogP contribution in [0.15, 0.2) is 53.2 Å². The molecule has 0 aliphatic rings. The summed E-state index contributed by atoms with van der Waals surface area (Å²) >= 11 is 0. The molecule has 0 radical (unpaired) electrons. The summed E-state index contributed by atoms with van der Waals surface area (Å²) in [5.74, 6) is 0.315. The van der Waals surface area contributed by atoms with Gasteiger partial charge in [-0.25, -0.2) is 0 Å². The van der Waals surface area contributed by atoms with E-state index in [-0.39, 0.29) is 0 Å². The van der Waals surface area contributed by atoms with E-state index in [0.717, 1.165) is 22.4 Å². The molecule has 0 aliphatic heterocycles. The van der Waals surface area contributed by atoms with Crippen LogP contribution in [0, 0.1) is 6.92 Å². The third-order valence-electron chi connectivity index (χ3n) is 3.04. The first kappa shape index (κ1) is 11.5. The number of benzene rings is 1. The topological polar surface area (TPSA) is 64.9 Å². The number of nitrogens with two attached hydrogens (primary N) is 1. The van der Waals surface area contributed by atoms with Crippen LogP contribution in [0.25, 0.3) is 22.5 Å². The minimum absolute atomic E-state index is 0.315. The molecule has 2 aromatic heterocycles. The first-order valence-electron chi connectivity index (χ1n) is 6.00. The third kappa shape index (κ3) is 1.97. The van der Waals surface area contributed by atoms with Gasteiger partial charge < -0.3 is 10.3 Å². The lowest BCUT2D eigenvalue weighted by atomic mass is 9.99. The standard InChI is InChI=1S/C15H13N3O/c1-10-6-2-3-7-11(10)13-14(18-19-15(13)16)12-8-4-5-9-17-12/h2-9H,16H2,1H3. The molecule has 4 nitrogen and oxygen atoms in total. The molecular formula is C15H13N3O. The molecule has 0 bridgehead atoms. The summed E-state index contributed by atoms with van der Waals surface area (Å²) in [6.45, 7) is 2.03. The second kappa shape index (κ2) is 4.57. The lowest BCUT2D eigenvalue weighted by molar-refractivity contribution is 0.439. The SMILES string of the molecule is Cc1ccccc1-c1c(-c2ccccn2)noc1N. The average molecular weight is 251 g/mol. The highest BCUT2D eigenvalue weighted by molar-refractivity contribution is 5.87. The van der Waals surface area contributed by atoms with E-state index in [2.05, 4.69) is 10.1 Å². The molecule has 0 amide bonds. The van der Waals surface area contributed by atoms with Crippen LogP contribution in [0.1, 0.15) is 5.56 Å². The van der Waals surface area contributed by atoms with Gasteiger partial charge in [0.1, 0.15) is 5.69 Å². The number of hydrogen-bond donors (Lipinski definition) is 1. The van der Waals surface area contributed by atoms with Crippen molar-refractivity contribution in [3.8, 4) is 22.5 Å². The fraction of sp³-hybridized carbons (Fsp3) is 0.0667. The van der Waals surface area contributed by atoms with E-state index in [0.29, 0.717) is 11.6 Å². The Morgan fingerprint density at radius 1 is 1.05 bits per heavy atom. The summed E-state index contributed by atoms with van der Waals surface area (Å²) in [5, 5.41) is 4.04. The average Bonchev–Trinajstić information content (AvgIpc) is 2.82. The minimum atomic E-state index is 0.315. The van der Waals surface area contributed by atoms with Gasteiger partial charge in [-0.3, -0.25) is 4.98 Å². The summed E-state index contributed by atoms with van der Waals surface area (Å²) in [6, 6.07) is 13.7. The summed E-state index contributed by atoms with van der Waals surface area (Å²) in [4.78, 5) is 4.30. The molecule has 4 heteroatoms. The van der Waals surface area contributed by atoms with Crippen molar-refractivity contribution in [3.63, 3.8) is 0 Å². The highest BCUT2D eigenvalue weighted by atomic mass is 16.5. The zero-order valence-electron chi connectivity index (χ0n) is 10.5. The largest absolute Gasteiger partial charge is 0.367 e. The lowest BCUT2D eigenvalue weighted by Crippen LogP contribution is -1.91. The van der Waals surface area contributed by atoms with Crippen LogP contribution >= 0.6 is 0 Å². The van der Waals surface area contributed by atoms with E-state index in [1.165, 1.54) is 0 Å². The molecule has 0 spiro atoms. The van der Waals surface area contributed by atoms with Gasteiger partial charge >= 0.3 is 0 Å². The van der Waals surface area contributed by atoms with Gasteiger partial charge in [-0.05, 0) is 30.2 Å². The van der Waals surface area contributed by atoms with Crippen LogP contribution in [-0.2, 0) is 0 Å². The van der Waals surface area contributed by atoms with E-state index in [1.807, 2.05) is 49.4 Å². The molecule has 2 N–H and O–H groups in total. The van der Waals surface area contributed by atoms with Crippen LogP contribution in [0.2, 0.25) is 0 Å². The van der Waals surface area contributed by atoms with Gasteiger partial charge in [0.2, 0.25) is 5.88 Å². The van der Waals surface area contributed by atoms with Crippen molar-refractivity contribution in [1.82, 2.24) is 10.1 Å². The first-order chi connectivity index (χ1) is 9.27. The van der Waals surface area contributed by atoms with Crippen molar-refractivity contribution in [2.24, 2.45) is 0 Å². The summed E-state index contributed by atoms with van der Waals surface area (Å²) in [6.07, 6.45) is 1.72. The number of nitrogens with zero attached hydrogens (tertiary/aromatic N) is 2. The van der Waals surface area contributed by atoms with E-state index in [1.54, 1.807) is 6.20 Å². The Morgan fingerprint density at radius 3 is 2.58 bits per heavy atom. The van der Waals surface area contributed by atoms with Crippen LogP contribution < -0.4 is 5.73 Å². The molecule has 0 saturated heterocycles. The third-order valence-corrected chi connectivity index (χ3v) is 3.04. The normalized spacial score (nSPS) is 10.6. The first-order valence-corrected chi connectivity index (χ1v) is 6.00. The molecule has 0 atom stereocenters. The summed E-state index contributed by atoms with van der Waals surface area (Å²) in [7, 11) is 0. The van der Waals surface area contributed by atoms with Gasteiger partial charge in [-0.2, -0.15) is 0 Å². The fourth-order valence-electron chi connectivity index (χ4n) is 2.09. The number of aryl methyl sites for hydroxylation is 1. The van der Waals surface area contributed by atoms with Gasteiger partial charge in [-0.15, -0.1) is 0 Å². The van der Waals surface area contributed by atoms with E-state index in [9.17, 15) is 0 Å². The van der Waals surface area contributed by atoms with Crippen molar-refractivity contribution in [1.29, 1.82) is 0 Å². The Labute approximate surface area is 110 Å². The van der Waals surface area contributed by atoms with Crippen molar-refractivity contribution >= 4 is 5.88 Å². The molecule has 2 heterocycles. The van der Waals surface area contributed by atoms with E-state index >= 15 is 0 Å². The Balaban J connectivity index is 2.23. The maximum Gasteiger partial charge on any atom is 0.230 e. The number of hydrogen-bond acceptors (Lipinski definition) is 4. The lowest BCUT2D eigenvalue weighted by Gasteiger charge is -2.05. The van der Waals surface area contributed by atoms with Crippen LogP contribution in [0.5, 0.6) is 0 Å². The van der Waals surface area contributed by atoms with E-state index < -0.39 is 0 Å². The predicted molar refractivity (Wildman–Crippen MR) is 74.3 cm³/mol. The van der Waals surface area contributed by atoms with Gasteiger partial charge in [0.15, 0.2) is 0 Å². The molecule has 94 valence electrons. The smallest absolute Gasteiger partial charge is 0.230 e. The predicted octanol–water partition coefficient (Wildman–Crippen LogP) is 3.29. The molecule has 19 heavy (non-hydrogen) atoms. The maximum atomic E-state index is 5.92. The molecule has 0 saturated carbocycles. The van der Waals surface area contributed by atoms with Gasteiger partial charge in [0, 0.05) is 6.20 Å². The Hall–Kier alpha value is -2.62. The summed E-state index contributed by atoms with van der Waals surface area (Å²) < 4.78 is 5.15. The Bertz CT molecular complexity index is 704. The molecule has 0 fully saturated rings. The Morgan fingerprint density at radius 2 is 1.84 bits per heavy atom. The van der Waals surface area contributed by atoms with Gasteiger partial charge in [0.25, 0.3) is 0 Å². The second-order valence-corrected chi connectivity index (χ2v) is 4.30. The summed E-state index contributed by atoms with van der Waals surface area (Å²) in [5.41, 5.74) is 10.3. The zero-order valence-corrected chi connectivity index (χ0v) is 10.5. The Kier molecular flexibility index (Phi) is 2.76. The van der Waals surface area contributed by atoms with Crippen LogP contribution in [0.4, 0.5) is 5.88 Å². The minimum Gasteiger partial charge on any atom is -0.367 e. The highest BCUT2D eigenvalue weighted by Crippen LogP contribution is 2.36. The quantitative estimate of drug-likeness (QED) is 0.759. The molecule has 3 aromatic rings. The van der Waals surface area contributed by atoms with Gasteiger partial charge in [-0.1, -0.05) is 35.5 Å². The molecule has 1 aromatic carbocycles. The highest BCUT2D eigenvalue weighted by Gasteiger charge is 2.19. The number of rotatable bonds is 2. The zero-order chi connectivity index (χ0) is 13.2.